The summed E-state index contributed by atoms with van der Waals surface area (Å²) in [6.07, 6.45) is 5.40. The van der Waals surface area contributed by atoms with Crippen LogP contribution in [0.4, 0.5) is 0 Å². The van der Waals surface area contributed by atoms with E-state index in [1.807, 2.05) is 0 Å². The first-order chi connectivity index (χ1) is 10.2. The quantitative estimate of drug-likeness (QED) is 0.913. The second-order valence-electron chi connectivity index (χ2n) is 7.15. The molecule has 2 saturated carbocycles. The maximum atomic E-state index is 4.93. The molecule has 1 heterocycles. The van der Waals surface area contributed by atoms with Crippen LogP contribution in [-0.2, 0) is 13.0 Å². The number of hydrogen-bond donors (Lipinski definition) is 1. The Morgan fingerprint density at radius 2 is 2.05 bits per heavy atom. The number of nitrogens with zero attached hydrogens (tertiary/aromatic N) is 2. The monoisotopic (exact) mass is 283 g/mol. The minimum atomic E-state index is 0.442. The third kappa shape index (κ3) is 2.18. The van der Waals surface area contributed by atoms with Crippen molar-refractivity contribution in [1.29, 1.82) is 0 Å². The number of aryl methyl sites for hydroxylation is 1. The normalized spacial score (nSPS) is 30.8. The highest BCUT2D eigenvalue weighted by atomic mass is 15.3. The minimum absolute atomic E-state index is 0.442. The van der Waals surface area contributed by atoms with Crippen LogP contribution < -0.4 is 5.32 Å². The van der Waals surface area contributed by atoms with Gasteiger partial charge in [0.1, 0.15) is 0 Å². The highest BCUT2D eigenvalue weighted by Crippen LogP contribution is 2.60. The van der Waals surface area contributed by atoms with Gasteiger partial charge in [-0.25, -0.2) is 0 Å². The van der Waals surface area contributed by atoms with Crippen LogP contribution in [-0.4, -0.2) is 23.4 Å². The summed E-state index contributed by atoms with van der Waals surface area (Å²) in [5, 5.41) is 9.73. The van der Waals surface area contributed by atoms with E-state index in [1.165, 1.54) is 35.9 Å². The summed E-state index contributed by atoms with van der Waals surface area (Å²) in [6.45, 7) is 4.26. The second-order valence-corrected chi connectivity index (χ2v) is 7.15. The number of benzene rings is 1. The molecule has 2 unspecified atom stereocenters. The molecule has 1 aromatic carbocycles. The van der Waals surface area contributed by atoms with E-state index in [4.69, 9.17) is 5.10 Å². The van der Waals surface area contributed by atoms with E-state index in [9.17, 15) is 0 Å². The Labute approximate surface area is 126 Å². The fraction of sp³-hybridized carbons (Fsp3) is 0.611. The van der Waals surface area contributed by atoms with Crippen LogP contribution in [0.15, 0.2) is 24.3 Å². The van der Waals surface area contributed by atoms with Crippen molar-refractivity contribution in [2.45, 2.75) is 39.2 Å². The van der Waals surface area contributed by atoms with Crippen molar-refractivity contribution in [3.05, 3.63) is 30.0 Å². The van der Waals surface area contributed by atoms with Crippen molar-refractivity contribution in [1.82, 2.24) is 15.1 Å². The molecule has 0 saturated heterocycles. The maximum absolute atomic E-state index is 4.93. The summed E-state index contributed by atoms with van der Waals surface area (Å²) in [6, 6.07) is 8.71. The number of fused-ring (bicyclic) bond motifs is 2. The summed E-state index contributed by atoms with van der Waals surface area (Å²) < 4.78 is 2.16. The smallest absolute Gasteiger partial charge is 0.0709 e. The third-order valence-electron chi connectivity index (χ3n) is 5.59. The first-order valence-electron chi connectivity index (χ1n) is 8.34. The lowest BCUT2D eigenvalue weighted by Gasteiger charge is -2.30. The highest BCUT2D eigenvalue weighted by molar-refractivity contribution is 5.82. The van der Waals surface area contributed by atoms with E-state index in [0.717, 1.165) is 31.3 Å². The highest BCUT2D eigenvalue weighted by Gasteiger charge is 2.53. The van der Waals surface area contributed by atoms with Crippen LogP contribution in [0.5, 0.6) is 0 Å². The Morgan fingerprint density at radius 3 is 2.76 bits per heavy atom. The van der Waals surface area contributed by atoms with E-state index in [0.29, 0.717) is 5.41 Å². The SMILES string of the molecule is CCn1nc(CC2(CNC)CC3CC3C2)c2ccccc21. The lowest BCUT2D eigenvalue weighted by atomic mass is 9.78. The molecule has 3 nitrogen and oxygen atoms in total. The zero-order chi connectivity index (χ0) is 14.4. The third-order valence-corrected chi connectivity index (χ3v) is 5.59. The first-order valence-corrected chi connectivity index (χ1v) is 8.34. The van der Waals surface area contributed by atoms with E-state index < -0.39 is 0 Å². The fourth-order valence-corrected chi connectivity index (χ4v) is 4.66. The van der Waals surface area contributed by atoms with Crippen molar-refractivity contribution in [2.24, 2.45) is 17.3 Å². The molecule has 3 heteroatoms. The summed E-state index contributed by atoms with van der Waals surface area (Å²) in [7, 11) is 2.09. The average Bonchev–Trinajstić information content (AvgIpc) is 2.96. The van der Waals surface area contributed by atoms with Gasteiger partial charge in [-0.3, -0.25) is 4.68 Å². The Bertz CT molecular complexity index is 648. The summed E-state index contributed by atoms with van der Waals surface area (Å²) in [4.78, 5) is 0. The number of hydrogen-bond acceptors (Lipinski definition) is 2. The van der Waals surface area contributed by atoms with Crippen LogP contribution in [0.2, 0.25) is 0 Å². The largest absolute Gasteiger partial charge is 0.319 e. The molecular formula is C18H25N3. The van der Waals surface area contributed by atoms with Gasteiger partial charge >= 0.3 is 0 Å². The van der Waals surface area contributed by atoms with Gasteiger partial charge in [-0.15, -0.1) is 0 Å². The predicted octanol–water partition coefficient (Wildman–Crippen LogP) is 3.23. The molecule has 112 valence electrons. The van der Waals surface area contributed by atoms with E-state index in [2.05, 4.69) is 48.2 Å². The molecule has 2 fully saturated rings. The molecule has 2 atom stereocenters. The molecule has 0 radical (unpaired) electrons. The number of aromatic nitrogens is 2. The van der Waals surface area contributed by atoms with Gasteiger partial charge in [-0.2, -0.15) is 5.10 Å². The molecular weight excluding hydrogens is 258 g/mol. The van der Waals surface area contributed by atoms with Crippen molar-refractivity contribution >= 4 is 10.9 Å². The zero-order valence-electron chi connectivity index (χ0n) is 13.1. The second kappa shape index (κ2) is 4.84. The van der Waals surface area contributed by atoms with E-state index >= 15 is 0 Å². The van der Waals surface area contributed by atoms with Crippen LogP contribution >= 0.6 is 0 Å². The average molecular weight is 283 g/mol. The summed E-state index contributed by atoms with van der Waals surface area (Å²) in [5.41, 5.74) is 3.04. The molecule has 2 aliphatic rings. The standard InChI is InChI=1S/C18H25N3/c1-3-21-17-7-5-4-6-15(17)16(20-21)11-18(12-19-2)9-13-8-14(13)10-18/h4-7,13-14,19H,3,8-12H2,1-2H3. The molecule has 2 aliphatic carbocycles. The number of para-hydroxylation sites is 1. The molecule has 1 aromatic heterocycles. The van der Waals surface area contributed by atoms with Crippen LogP contribution in [0.3, 0.4) is 0 Å². The van der Waals surface area contributed by atoms with Gasteiger partial charge < -0.3 is 5.32 Å². The van der Waals surface area contributed by atoms with E-state index in [1.54, 1.807) is 0 Å². The Kier molecular flexibility index (Phi) is 3.07. The molecule has 0 bridgehead atoms. The van der Waals surface area contributed by atoms with Gasteiger partial charge in [0, 0.05) is 18.5 Å². The summed E-state index contributed by atoms with van der Waals surface area (Å²) >= 11 is 0. The lowest BCUT2D eigenvalue weighted by molar-refractivity contribution is 0.252. The molecule has 0 amide bonds. The van der Waals surface area contributed by atoms with Crippen LogP contribution in [0.1, 0.15) is 31.9 Å². The maximum Gasteiger partial charge on any atom is 0.0709 e. The molecule has 0 spiro atoms. The van der Waals surface area contributed by atoms with Gasteiger partial charge in [0.25, 0.3) is 0 Å². The summed E-state index contributed by atoms with van der Waals surface area (Å²) in [5.74, 6) is 2.02. The Morgan fingerprint density at radius 1 is 1.29 bits per heavy atom. The molecule has 4 rings (SSSR count). The van der Waals surface area contributed by atoms with Crippen molar-refractivity contribution in [2.75, 3.05) is 13.6 Å². The molecule has 1 N–H and O–H groups in total. The van der Waals surface area contributed by atoms with Gasteiger partial charge in [0.15, 0.2) is 0 Å². The van der Waals surface area contributed by atoms with Crippen LogP contribution in [0, 0.1) is 17.3 Å². The molecule has 2 aromatic rings. The van der Waals surface area contributed by atoms with Crippen LogP contribution in [0.25, 0.3) is 10.9 Å². The Hall–Kier alpha value is -1.35. The van der Waals surface area contributed by atoms with Gasteiger partial charge in [-0.05, 0) is 63.0 Å². The van der Waals surface area contributed by atoms with Crippen molar-refractivity contribution in [3.8, 4) is 0 Å². The van der Waals surface area contributed by atoms with Crippen molar-refractivity contribution < 1.29 is 0 Å². The first kappa shape index (κ1) is 13.3. The zero-order valence-corrected chi connectivity index (χ0v) is 13.1. The fourth-order valence-electron chi connectivity index (χ4n) is 4.66. The molecule has 21 heavy (non-hydrogen) atoms. The topological polar surface area (TPSA) is 29.9 Å². The number of nitrogens with one attached hydrogen (secondary N) is 1. The lowest BCUT2D eigenvalue weighted by Crippen LogP contribution is -2.33. The van der Waals surface area contributed by atoms with Gasteiger partial charge in [0.05, 0.1) is 11.2 Å². The molecule has 0 aliphatic heterocycles. The predicted molar refractivity (Wildman–Crippen MR) is 86.3 cm³/mol. The number of rotatable bonds is 5. The van der Waals surface area contributed by atoms with Gasteiger partial charge in [0.2, 0.25) is 0 Å². The van der Waals surface area contributed by atoms with Crippen molar-refractivity contribution in [3.63, 3.8) is 0 Å². The Balaban J connectivity index is 1.69. The van der Waals surface area contributed by atoms with Gasteiger partial charge in [-0.1, -0.05) is 18.2 Å². The minimum Gasteiger partial charge on any atom is -0.319 e. The van der Waals surface area contributed by atoms with E-state index in [-0.39, 0.29) is 0 Å².